The van der Waals surface area contributed by atoms with Crippen molar-refractivity contribution in [2.45, 2.75) is 29.9 Å². The van der Waals surface area contributed by atoms with Gasteiger partial charge in [-0.15, -0.1) is 0 Å². The molecule has 1 N–H and O–H groups in total. The third-order valence-electron chi connectivity index (χ3n) is 3.56. The fraction of sp³-hybridized carbons (Fsp3) is 0.429. The average molecular weight is 375 g/mol. The third kappa shape index (κ3) is 3.99. The van der Waals surface area contributed by atoms with Crippen LogP contribution in [0.5, 0.6) is 0 Å². The number of sulfone groups is 1. The van der Waals surface area contributed by atoms with Gasteiger partial charge in [-0.1, -0.05) is 23.4 Å². The average Bonchev–Trinajstić information content (AvgIpc) is 3.00. The van der Waals surface area contributed by atoms with Gasteiger partial charge in [0.1, 0.15) is 5.52 Å². The van der Waals surface area contributed by atoms with Crippen molar-refractivity contribution in [1.29, 1.82) is 0 Å². The lowest BCUT2D eigenvalue weighted by Gasteiger charge is -2.14. The van der Waals surface area contributed by atoms with Crippen molar-refractivity contribution < 1.29 is 17.6 Å². The lowest BCUT2D eigenvalue weighted by molar-refractivity contribution is -0.120. The molecule has 1 amide bonds. The summed E-state index contributed by atoms with van der Waals surface area (Å²) in [5, 5.41) is 3.27. The van der Waals surface area contributed by atoms with Crippen LogP contribution in [0.25, 0.3) is 11.1 Å². The normalized spacial score (nSPS) is 21.4. The van der Waals surface area contributed by atoms with Crippen molar-refractivity contribution in [3.8, 4) is 0 Å². The number of aromatic nitrogens is 1. The lowest BCUT2D eigenvalue weighted by Crippen LogP contribution is -2.39. The van der Waals surface area contributed by atoms with Gasteiger partial charge < -0.3 is 9.73 Å². The molecule has 1 aliphatic heterocycles. The maximum Gasteiger partial charge on any atom is 0.257 e. The Bertz CT molecular complexity index is 850. The van der Waals surface area contributed by atoms with Gasteiger partial charge in [-0.2, -0.15) is 0 Å². The smallest absolute Gasteiger partial charge is 0.257 e. The second kappa shape index (κ2) is 6.33. The summed E-state index contributed by atoms with van der Waals surface area (Å²) in [5.41, 5.74) is 1.24. The highest BCUT2D eigenvalue weighted by molar-refractivity contribution is 8.00. The molecule has 0 spiro atoms. The number of halogens is 1. The van der Waals surface area contributed by atoms with Gasteiger partial charge >= 0.3 is 0 Å². The number of nitrogens with one attached hydrogen (secondary N) is 1. The van der Waals surface area contributed by atoms with E-state index in [0.717, 1.165) is 0 Å². The molecule has 9 heteroatoms. The fourth-order valence-electron chi connectivity index (χ4n) is 2.36. The molecule has 2 atom stereocenters. The minimum atomic E-state index is -3.01. The number of amides is 1. The number of oxazole rings is 1. The van der Waals surface area contributed by atoms with Gasteiger partial charge in [0.05, 0.1) is 16.8 Å². The summed E-state index contributed by atoms with van der Waals surface area (Å²) >= 11 is 7.08. The van der Waals surface area contributed by atoms with Crippen LogP contribution in [0.1, 0.15) is 13.3 Å². The molecule has 2 heterocycles. The number of rotatable bonds is 4. The number of hydrogen-bond acceptors (Lipinski definition) is 6. The minimum absolute atomic E-state index is 0.0114. The zero-order valence-electron chi connectivity index (χ0n) is 12.3. The summed E-state index contributed by atoms with van der Waals surface area (Å²) in [6.07, 6.45) is 0.465. The predicted molar refractivity (Wildman–Crippen MR) is 89.5 cm³/mol. The van der Waals surface area contributed by atoms with E-state index in [1.165, 1.54) is 11.8 Å². The summed E-state index contributed by atoms with van der Waals surface area (Å²) in [4.78, 5) is 16.5. The molecule has 1 fully saturated rings. The quantitative estimate of drug-likeness (QED) is 0.826. The summed E-state index contributed by atoms with van der Waals surface area (Å²) < 4.78 is 28.4. The van der Waals surface area contributed by atoms with Crippen molar-refractivity contribution in [1.82, 2.24) is 10.3 Å². The zero-order valence-corrected chi connectivity index (χ0v) is 14.7. The summed E-state index contributed by atoms with van der Waals surface area (Å²) in [7, 11) is -3.01. The van der Waals surface area contributed by atoms with E-state index >= 15 is 0 Å². The number of carbonyl (C=O) groups excluding carboxylic acids is 1. The Morgan fingerprint density at radius 3 is 3.00 bits per heavy atom. The van der Waals surface area contributed by atoms with E-state index in [1.54, 1.807) is 25.1 Å². The largest absolute Gasteiger partial charge is 0.431 e. The molecule has 2 unspecified atom stereocenters. The minimum Gasteiger partial charge on any atom is -0.431 e. The Morgan fingerprint density at radius 2 is 2.30 bits per heavy atom. The maximum atomic E-state index is 12.2. The molecule has 1 aromatic heterocycles. The fourth-order valence-corrected chi connectivity index (χ4v) is 4.97. The number of fused-ring (bicyclic) bond motifs is 1. The highest BCUT2D eigenvalue weighted by atomic mass is 35.5. The number of carbonyl (C=O) groups is 1. The van der Waals surface area contributed by atoms with Gasteiger partial charge in [-0.05, 0) is 31.5 Å². The highest BCUT2D eigenvalue weighted by Gasteiger charge is 2.30. The molecule has 0 bridgehead atoms. The molecular formula is C14H15ClN2O4S2. The zero-order chi connectivity index (χ0) is 16.6. The van der Waals surface area contributed by atoms with E-state index < -0.39 is 15.1 Å². The lowest BCUT2D eigenvalue weighted by atomic mass is 10.2. The molecular weight excluding hydrogens is 360 g/mol. The van der Waals surface area contributed by atoms with E-state index in [-0.39, 0.29) is 23.5 Å². The van der Waals surface area contributed by atoms with E-state index in [9.17, 15) is 13.2 Å². The Hall–Kier alpha value is -1.25. The van der Waals surface area contributed by atoms with Crippen LogP contribution in [0, 0.1) is 0 Å². The van der Waals surface area contributed by atoms with E-state index in [0.29, 0.717) is 27.8 Å². The first kappa shape index (κ1) is 16.6. The molecule has 0 aliphatic carbocycles. The van der Waals surface area contributed by atoms with Gasteiger partial charge in [-0.25, -0.2) is 13.4 Å². The standard InChI is InChI=1S/C14H15ClN2O4S2/c1-8(13(18)16-10-4-5-23(19,20)7-10)22-14-17-11-6-9(15)2-3-12(11)21-14/h2-3,6,8,10H,4-5,7H2,1H3,(H,16,18). The van der Waals surface area contributed by atoms with Crippen LogP contribution in [-0.4, -0.2) is 42.1 Å². The first-order chi connectivity index (χ1) is 10.8. The van der Waals surface area contributed by atoms with Crippen molar-refractivity contribution >= 4 is 50.2 Å². The number of hydrogen-bond donors (Lipinski definition) is 1. The van der Waals surface area contributed by atoms with Crippen molar-refractivity contribution in [3.63, 3.8) is 0 Å². The molecule has 124 valence electrons. The number of benzene rings is 1. The van der Waals surface area contributed by atoms with E-state index in [2.05, 4.69) is 10.3 Å². The maximum absolute atomic E-state index is 12.2. The first-order valence-electron chi connectivity index (χ1n) is 7.06. The Morgan fingerprint density at radius 1 is 1.52 bits per heavy atom. The molecule has 1 saturated heterocycles. The second-order valence-corrected chi connectivity index (χ2v) is 9.42. The van der Waals surface area contributed by atoms with Crippen molar-refractivity contribution in [2.24, 2.45) is 0 Å². The topological polar surface area (TPSA) is 89.3 Å². The number of thioether (sulfide) groups is 1. The van der Waals surface area contributed by atoms with Gasteiger partial charge in [0, 0.05) is 11.1 Å². The van der Waals surface area contributed by atoms with Crippen LogP contribution in [0.4, 0.5) is 0 Å². The molecule has 6 nitrogen and oxygen atoms in total. The molecule has 0 radical (unpaired) electrons. The molecule has 1 aromatic carbocycles. The summed E-state index contributed by atoms with van der Waals surface area (Å²) in [5.74, 6) is -0.0829. The molecule has 1 aliphatic rings. The predicted octanol–water partition coefficient (Wildman–Crippen LogP) is 2.27. The highest BCUT2D eigenvalue weighted by Crippen LogP contribution is 2.28. The molecule has 23 heavy (non-hydrogen) atoms. The number of nitrogens with zero attached hydrogens (tertiary/aromatic N) is 1. The van der Waals surface area contributed by atoms with Crippen LogP contribution in [0.15, 0.2) is 27.8 Å². The molecule has 3 rings (SSSR count). The van der Waals surface area contributed by atoms with Gasteiger partial charge in [-0.3, -0.25) is 4.79 Å². The van der Waals surface area contributed by atoms with E-state index in [1.807, 2.05) is 0 Å². The van der Waals surface area contributed by atoms with Crippen LogP contribution in [0.3, 0.4) is 0 Å². The van der Waals surface area contributed by atoms with Crippen molar-refractivity contribution in [2.75, 3.05) is 11.5 Å². The van der Waals surface area contributed by atoms with Gasteiger partial charge in [0.25, 0.3) is 5.22 Å². The van der Waals surface area contributed by atoms with Crippen molar-refractivity contribution in [3.05, 3.63) is 23.2 Å². The van der Waals surface area contributed by atoms with Crippen LogP contribution >= 0.6 is 23.4 Å². The monoisotopic (exact) mass is 374 g/mol. The molecule has 2 aromatic rings. The SMILES string of the molecule is CC(Sc1nc2cc(Cl)ccc2o1)C(=O)NC1CCS(=O)(=O)C1. The van der Waals surface area contributed by atoms with Crippen LogP contribution in [0.2, 0.25) is 5.02 Å². The Labute approximate surface area is 142 Å². The summed E-state index contributed by atoms with van der Waals surface area (Å²) in [6.45, 7) is 1.73. The van der Waals surface area contributed by atoms with Crippen LogP contribution in [-0.2, 0) is 14.6 Å². The Kier molecular flexibility index (Phi) is 4.57. The second-order valence-electron chi connectivity index (χ2n) is 5.46. The van der Waals surface area contributed by atoms with Crippen LogP contribution < -0.4 is 5.32 Å². The van der Waals surface area contributed by atoms with Gasteiger partial charge in [0.15, 0.2) is 15.4 Å². The van der Waals surface area contributed by atoms with Gasteiger partial charge in [0.2, 0.25) is 5.91 Å². The molecule has 0 saturated carbocycles. The van der Waals surface area contributed by atoms with E-state index in [4.69, 9.17) is 16.0 Å². The third-order valence-corrected chi connectivity index (χ3v) is 6.50. The first-order valence-corrected chi connectivity index (χ1v) is 10.1. The summed E-state index contributed by atoms with van der Waals surface area (Å²) in [6, 6.07) is 4.82. The Balaban J connectivity index is 1.63.